The summed E-state index contributed by atoms with van der Waals surface area (Å²) in [6, 6.07) is 0. The summed E-state index contributed by atoms with van der Waals surface area (Å²) in [6.07, 6.45) is -0.105. The van der Waals surface area contributed by atoms with E-state index >= 15 is 0 Å². The molecule has 0 radical (unpaired) electrons. The Morgan fingerprint density at radius 3 is 1.83 bits per heavy atom. The Balaban J connectivity index is 4.07. The highest BCUT2D eigenvalue weighted by molar-refractivity contribution is 9.09. The predicted octanol–water partition coefficient (Wildman–Crippen LogP) is 2.81. The van der Waals surface area contributed by atoms with Gasteiger partial charge in [0.2, 0.25) is 0 Å². The van der Waals surface area contributed by atoms with E-state index in [9.17, 15) is 0 Å². The molecule has 3 heteroatoms. The fraction of sp³-hybridized carbons (Fsp3) is 1.00. The topological polar surface area (TPSA) is 18.5 Å². The lowest BCUT2D eigenvalue weighted by atomic mass is 9.96. The van der Waals surface area contributed by atoms with Crippen LogP contribution in [0.15, 0.2) is 0 Å². The molecule has 0 atom stereocenters. The molecule has 0 aliphatic heterocycles. The summed E-state index contributed by atoms with van der Waals surface area (Å²) in [5.74, 6) is 0. The van der Waals surface area contributed by atoms with Crippen LogP contribution >= 0.6 is 15.9 Å². The molecule has 0 fully saturated rings. The van der Waals surface area contributed by atoms with Crippen LogP contribution in [-0.4, -0.2) is 24.8 Å². The molecule has 0 aromatic rings. The molecule has 0 aliphatic rings. The molecule has 0 N–H and O–H groups in total. The van der Waals surface area contributed by atoms with Crippen LogP contribution in [0.3, 0.4) is 0 Å². The Labute approximate surface area is 83.8 Å². The van der Waals surface area contributed by atoms with E-state index in [2.05, 4.69) is 29.8 Å². The average molecular weight is 239 g/mol. The van der Waals surface area contributed by atoms with E-state index in [1.165, 1.54) is 0 Å². The average Bonchev–Trinajstić information content (AvgIpc) is 2.04. The van der Waals surface area contributed by atoms with Crippen LogP contribution in [0.1, 0.15) is 27.7 Å². The number of alkyl halides is 1. The molecule has 0 spiro atoms. The van der Waals surface area contributed by atoms with E-state index in [4.69, 9.17) is 9.47 Å². The first kappa shape index (κ1) is 12.4. The van der Waals surface area contributed by atoms with Gasteiger partial charge in [0.15, 0.2) is 6.29 Å². The fourth-order valence-corrected chi connectivity index (χ4v) is 1.13. The summed E-state index contributed by atoms with van der Waals surface area (Å²) in [4.78, 5) is 0. The van der Waals surface area contributed by atoms with Crippen molar-refractivity contribution >= 4 is 15.9 Å². The second-order valence-corrected chi connectivity index (χ2v) is 3.93. The maximum atomic E-state index is 5.49. The Morgan fingerprint density at radius 2 is 1.58 bits per heavy atom. The number of ether oxygens (including phenoxy) is 2. The summed E-state index contributed by atoms with van der Waals surface area (Å²) in [5.41, 5.74) is 0.0337. The second-order valence-electron chi connectivity index (χ2n) is 3.36. The van der Waals surface area contributed by atoms with Gasteiger partial charge in [0.1, 0.15) is 0 Å². The molecule has 0 rings (SSSR count). The molecule has 0 aromatic carbocycles. The molecule has 0 saturated heterocycles. The first-order valence-corrected chi connectivity index (χ1v) is 5.49. The van der Waals surface area contributed by atoms with Crippen LogP contribution in [0.5, 0.6) is 0 Å². The SMILES string of the molecule is CCOC(OCC)C(C)(C)CBr. The van der Waals surface area contributed by atoms with Crippen LogP contribution in [-0.2, 0) is 9.47 Å². The normalized spacial score (nSPS) is 12.5. The number of rotatable bonds is 6. The van der Waals surface area contributed by atoms with E-state index in [1.807, 2.05) is 13.8 Å². The highest BCUT2D eigenvalue weighted by Gasteiger charge is 2.29. The van der Waals surface area contributed by atoms with Gasteiger partial charge < -0.3 is 9.47 Å². The highest BCUT2D eigenvalue weighted by Crippen LogP contribution is 2.26. The van der Waals surface area contributed by atoms with Crippen LogP contribution < -0.4 is 0 Å². The molecule has 74 valence electrons. The van der Waals surface area contributed by atoms with Crippen molar-refractivity contribution in [3.05, 3.63) is 0 Å². The molecular weight excluding hydrogens is 220 g/mol. The molecule has 12 heavy (non-hydrogen) atoms. The van der Waals surface area contributed by atoms with Gasteiger partial charge >= 0.3 is 0 Å². The van der Waals surface area contributed by atoms with Crippen LogP contribution in [0.2, 0.25) is 0 Å². The standard InChI is InChI=1S/C9H19BrO2/c1-5-11-8(12-6-2)9(3,4)7-10/h8H,5-7H2,1-4H3. The lowest BCUT2D eigenvalue weighted by Crippen LogP contribution is -2.36. The van der Waals surface area contributed by atoms with Crippen molar-refractivity contribution in [2.75, 3.05) is 18.5 Å². The first-order valence-electron chi connectivity index (χ1n) is 4.37. The zero-order chi connectivity index (χ0) is 9.61. The third kappa shape index (κ3) is 3.87. The smallest absolute Gasteiger partial charge is 0.163 e. The van der Waals surface area contributed by atoms with Gasteiger partial charge in [0.25, 0.3) is 0 Å². The van der Waals surface area contributed by atoms with Crippen molar-refractivity contribution in [2.45, 2.75) is 34.0 Å². The maximum absolute atomic E-state index is 5.49. The minimum absolute atomic E-state index is 0.0337. The fourth-order valence-electron chi connectivity index (χ4n) is 0.865. The monoisotopic (exact) mass is 238 g/mol. The number of halogens is 1. The molecule has 0 amide bonds. The molecule has 0 bridgehead atoms. The maximum Gasteiger partial charge on any atom is 0.163 e. The van der Waals surface area contributed by atoms with E-state index in [-0.39, 0.29) is 11.7 Å². The Kier molecular flexibility index (Phi) is 6.14. The number of hydrogen-bond donors (Lipinski definition) is 0. The van der Waals surface area contributed by atoms with Crippen molar-refractivity contribution in [1.82, 2.24) is 0 Å². The van der Waals surface area contributed by atoms with E-state index in [1.54, 1.807) is 0 Å². The van der Waals surface area contributed by atoms with Gasteiger partial charge in [-0.2, -0.15) is 0 Å². The molecule has 2 nitrogen and oxygen atoms in total. The van der Waals surface area contributed by atoms with E-state index < -0.39 is 0 Å². The van der Waals surface area contributed by atoms with Crippen LogP contribution in [0, 0.1) is 5.41 Å². The summed E-state index contributed by atoms with van der Waals surface area (Å²) >= 11 is 3.45. The summed E-state index contributed by atoms with van der Waals surface area (Å²) in [7, 11) is 0. The molecular formula is C9H19BrO2. The predicted molar refractivity (Wildman–Crippen MR) is 54.6 cm³/mol. The zero-order valence-corrected chi connectivity index (χ0v) is 9.98. The van der Waals surface area contributed by atoms with Crippen LogP contribution in [0.4, 0.5) is 0 Å². The first-order chi connectivity index (χ1) is 5.58. The summed E-state index contributed by atoms with van der Waals surface area (Å²) < 4.78 is 11.0. The van der Waals surface area contributed by atoms with E-state index in [0.29, 0.717) is 13.2 Å². The van der Waals surface area contributed by atoms with Crippen molar-refractivity contribution in [2.24, 2.45) is 5.41 Å². The van der Waals surface area contributed by atoms with Gasteiger partial charge in [-0.25, -0.2) is 0 Å². The van der Waals surface area contributed by atoms with Crippen LogP contribution in [0.25, 0.3) is 0 Å². The molecule has 0 aromatic heterocycles. The molecule has 0 saturated carbocycles. The van der Waals surface area contributed by atoms with Gasteiger partial charge in [-0.15, -0.1) is 0 Å². The van der Waals surface area contributed by atoms with Gasteiger partial charge in [-0.3, -0.25) is 0 Å². The number of hydrogen-bond acceptors (Lipinski definition) is 2. The van der Waals surface area contributed by atoms with Gasteiger partial charge in [-0.05, 0) is 13.8 Å². The highest BCUT2D eigenvalue weighted by atomic mass is 79.9. The van der Waals surface area contributed by atoms with Crippen molar-refractivity contribution in [3.8, 4) is 0 Å². The Morgan fingerprint density at radius 1 is 1.17 bits per heavy atom. The third-order valence-corrected chi connectivity index (χ3v) is 3.06. The van der Waals surface area contributed by atoms with E-state index in [0.717, 1.165) is 5.33 Å². The minimum atomic E-state index is -0.105. The van der Waals surface area contributed by atoms with Crippen molar-refractivity contribution < 1.29 is 9.47 Å². The third-order valence-electron chi connectivity index (χ3n) is 1.62. The second kappa shape index (κ2) is 5.95. The minimum Gasteiger partial charge on any atom is -0.352 e. The lowest BCUT2D eigenvalue weighted by Gasteiger charge is -2.31. The summed E-state index contributed by atoms with van der Waals surface area (Å²) in [6.45, 7) is 9.60. The lowest BCUT2D eigenvalue weighted by molar-refractivity contribution is -0.187. The molecule has 0 unspecified atom stereocenters. The Hall–Kier alpha value is 0.400. The Bertz CT molecular complexity index is 109. The summed E-state index contributed by atoms with van der Waals surface area (Å²) in [5, 5.41) is 0.880. The van der Waals surface area contributed by atoms with Gasteiger partial charge in [0, 0.05) is 24.0 Å². The quantitative estimate of drug-likeness (QED) is 0.524. The molecule has 0 aliphatic carbocycles. The molecule has 0 heterocycles. The zero-order valence-electron chi connectivity index (χ0n) is 8.39. The van der Waals surface area contributed by atoms with Crippen molar-refractivity contribution in [1.29, 1.82) is 0 Å². The van der Waals surface area contributed by atoms with Crippen molar-refractivity contribution in [3.63, 3.8) is 0 Å². The van der Waals surface area contributed by atoms with Gasteiger partial charge in [0.05, 0.1) is 0 Å². The van der Waals surface area contributed by atoms with Gasteiger partial charge in [-0.1, -0.05) is 29.8 Å². The largest absolute Gasteiger partial charge is 0.352 e.